The fourth-order valence-corrected chi connectivity index (χ4v) is 3.25. The largest absolute Gasteiger partial charge is 0.450 e. The van der Waals surface area contributed by atoms with Crippen molar-refractivity contribution in [3.63, 3.8) is 0 Å². The molecule has 3 rings (SSSR count). The Bertz CT molecular complexity index is 816. The van der Waals surface area contributed by atoms with Gasteiger partial charge < -0.3 is 4.57 Å². The number of ketones is 2. The van der Waals surface area contributed by atoms with Crippen LogP contribution in [0.5, 0.6) is 0 Å². The summed E-state index contributed by atoms with van der Waals surface area (Å²) in [6.07, 6.45) is -4.83. The Hall–Kier alpha value is -2.37. The molecule has 1 heterocycles. The fraction of sp³-hybridized carbons (Fsp3) is 0.333. The summed E-state index contributed by atoms with van der Waals surface area (Å²) in [5.41, 5.74) is 3.60. The number of halogens is 3. The molecule has 1 unspecified atom stereocenters. The van der Waals surface area contributed by atoms with Gasteiger partial charge in [-0.2, -0.15) is 13.2 Å². The monoisotopic (exact) mass is 335 g/mol. The standard InChI is InChI=1S/C18H16F3NO2/c1-10-3-5-12(6-4-10)22-11(2)9-14-15(22)8-7-13(16(14)23)17(24)18(19,20)21/h3-6,9,13H,7-8H2,1-2H3. The number of benzene rings is 1. The quantitative estimate of drug-likeness (QED) is 0.779. The number of carbonyl (C=O) groups is 2. The van der Waals surface area contributed by atoms with E-state index in [-0.39, 0.29) is 18.4 Å². The van der Waals surface area contributed by atoms with Crippen molar-refractivity contribution in [1.82, 2.24) is 4.57 Å². The fourth-order valence-electron chi connectivity index (χ4n) is 3.25. The van der Waals surface area contributed by atoms with Gasteiger partial charge in [0.1, 0.15) is 0 Å². The first kappa shape index (κ1) is 16.5. The van der Waals surface area contributed by atoms with Crippen LogP contribution in [0.3, 0.4) is 0 Å². The third kappa shape index (κ3) is 2.66. The van der Waals surface area contributed by atoms with Crippen LogP contribution in [-0.2, 0) is 11.2 Å². The maximum absolute atomic E-state index is 12.7. The van der Waals surface area contributed by atoms with Gasteiger partial charge in [-0.25, -0.2) is 0 Å². The highest BCUT2D eigenvalue weighted by atomic mass is 19.4. The highest BCUT2D eigenvalue weighted by Crippen LogP contribution is 2.34. The van der Waals surface area contributed by atoms with E-state index in [0.717, 1.165) is 16.9 Å². The van der Waals surface area contributed by atoms with E-state index in [2.05, 4.69) is 0 Å². The molecule has 1 aromatic carbocycles. The van der Waals surface area contributed by atoms with Crippen LogP contribution >= 0.6 is 0 Å². The van der Waals surface area contributed by atoms with E-state index in [1.54, 1.807) is 13.0 Å². The maximum Gasteiger partial charge on any atom is 0.450 e. The Morgan fingerprint density at radius 2 is 1.79 bits per heavy atom. The summed E-state index contributed by atoms with van der Waals surface area (Å²) in [7, 11) is 0. The summed E-state index contributed by atoms with van der Waals surface area (Å²) >= 11 is 0. The summed E-state index contributed by atoms with van der Waals surface area (Å²) in [6, 6.07) is 9.25. The first-order valence-corrected chi connectivity index (χ1v) is 7.63. The Labute approximate surface area is 137 Å². The number of alkyl halides is 3. The zero-order valence-electron chi connectivity index (χ0n) is 13.3. The molecule has 24 heavy (non-hydrogen) atoms. The van der Waals surface area contributed by atoms with Gasteiger partial charge in [-0.05, 0) is 44.9 Å². The lowest BCUT2D eigenvalue weighted by Gasteiger charge is -2.22. The molecule has 0 aliphatic heterocycles. The lowest BCUT2D eigenvalue weighted by Crippen LogP contribution is -2.38. The number of carbonyl (C=O) groups excluding carboxylic acids is 2. The second-order valence-electron chi connectivity index (χ2n) is 6.13. The summed E-state index contributed by atoms with van der Waals surface area (Å²) in [5, 5.41) is 0. The van der Waals surface area contributed by atoms with Gasteiger partial charge in [0.15, 0.2) is 5.78 Å². The Morgan fingerprint density at radius 3 is 2.38 bits per heavy atom. The van der Waals surface area contributed by atoms with Gasteiger partial charge in [0, 0.05) is 22.6 Å². The second kappa shape index (κ2) is 5.61. The number of hydrogen-bond donors (Lipinski definition) is 0. The smallest absolute Gasteiger partial charge is 0.317 e. The van der Waals surface area contributed by atoms with Crippen molar-refractivity contribution in [2.24, 2.45) is 5.92 Å². The molecular weight excluding hydrogens is 319 g/mol. The topological polar surface area (TPSA) is 39.1 Å². The molecule has 1 aromatic heterocycles. The van der Waals surface area contributed by atoms with Crippen LogP contribution in [0.1, 0.15) is 33.7 Å². The molecule has 0 spiro atoms. The summed E-state index contributed by atoms with van der Waals surface area (Å²) in [4.78, 5) is 23.9. The number of aromatic nitrogens is 1. The molecule has 126 valence electrons. The molecule has 1 aliphatic rings. The molecule has 6 heteroatoms. The minimum Gasteiger partial charge on any atom is -0.317 e. The molecule has 3 nitrogen and oxygen atoms in total. The van der Waals surface area contributed by atoms with E-state index in [4.69, 9.17) is 0 Å². The summed E-state index contributed by atoms with van der Waals surface area (Å²) in [6.45, 7) is 3.75. The van der Waals surface area contributed by atoms with Gasteiger partial charge in [-0.3, -0.25) is 9.59 Å². The van der Waals surface area contributed by atoms with Gasteiger partial charge in [0.05, 0.1) is 5.92 Å². The van der Waals surface area contributed by atoms with Crippen LogP contribution in [0.2, 0.25) is 0 Å². The highest BCUT2D eigenvalue weighted by molar-refractivity contribution is 6.13. The maximum atomic E-state index is 12.7. The normalized spacial score (nSPS) is 17.7. The Morgan fingerprint density at radius 1 is 1.17 bits per heavy atom. The van der Waals surface area contributed by atoms with E-state index >= 15 is 0 Å². The summed E-state index contributed by atoms with van der Waals surface area (Å²) in [5.74, 6) is -4.29. The van der Waals surface area contributed by atoms with Crippen LogP contribution in [0, 0.1) is 19.8 Å². The number of hydrogen-bond acceptors (Lipinski definition) is 2. The van der Waals surface area contributed by atoms with Crippen LogP contribution in [-0.4, -0.2) is 22.3 Å². The average Bonchev–Trinajstić information content (AvgIpc) is 2.84. The van der Waals surface area contributed by atoms with Gasteiger partial charge in [-0.1, -0.05) is 17.7 Å². The minimum atomic E-state index is -4.98. The SMILES string of the molecule is Cc1ccc(-n2c(C)cc3c2CCC(C(=O)C(F)(F)F)C3=O)cc1. The number of Topliss-reactive ketones (excluding diaryl/α,β-unsaturated/α-hetero) is 2. The molecule has 0 radical (unpaired) electrons. The zero-order valence-corrected chi connectivity index (χ0v) is 13.3. The van der Waals surface area contributed by atoms with Gasteiger partial charge >= 0.3 is 6.18 Å². The first-order valence-electron chi connectivity index (χ1n) is 7.63. The third-order valence-corrected chi connectivity index (χ3v) is 4.43. The first-order chi connectivity index (χ1) is 11.2. The number of nitrogens with zero attached hydrogens (tertiary/aromatic N) is 1. The number of aryl methyl sites for hydroxylation is 2. The zero-order chi connectivity index (χ0) is 17.6. The second-order valence-corrected chi connectivity index (χ2v) is 6.13. The van der Waals surface area contributed by atoms with Gasteiger partial charge in [0.25, 0.3) is 0 Å². The molecule has 0 N–H and O–H groups in total. The van der Waals surface area contributed by atoms with Crippen molar-refractivity contribution in [1.29, 1.82) is 0 Å². The van der Waals surface area contributed by atoms with Gasteiger partial charge in [0.2, 0.25) is 5.78 Å². The lowest BCUT2D eigenvalue weighted by molar-refractivity contribution is -0.174. The van der Waals surface area contributed by atoms with Crippen LogP contribution < -0.4 is 0 Å². The van der Waals surface area contributed by atoms with E-state index in [9.17, 15) is 22.8 Å². The van der Waals surface area contributed by atoms with Crippen molar-refractivity contribution < 1.29 is 22.8 Å². The Balaban J connectivity index is 2.03. The molecule has 0 fully saturated rings. The minimum absolute atomic E-state index is 0.112. The predicted molar refractivity (Wildman–Crippen MR) is 82.4 cm³/mol. The van der Waals surface area contributed by atoms with Crippen molar-refractivity contribution in [2.45, 2.75) is 32.9 Å². The van der Waals surface area contributed by atoms with Crippen molar-refractivity contribution in [2.75, 3.05) is 0 Å². The molecule has 0 bridgehead atoms. The van der Waals surface area contributed by atoms with E-state index in [0.29, 0.717) is 5.69 Å². The number of fused-ring (bicyclic) bond motifs is 1. The molecule has 0 saturated heterocycles. The van der Waals surface area contributed by atoms with E-state index < -0.39 is 23.7 Å². The number of rotatable bonds is 2. The average molecular weight is 335 g/mol. The molecule has 0 amide bonds. The summed E-state index contributed by atoms with van der Waals surface area (Å²) < 4.78 is 39.9. The van der Waals surface area contributed by atoms with Crippen LogP contribution in [0.4, 0.5) is 13.2 Å². The van der Waals surface area contributed by atoms with Crippen LogP contribution in [0.15, 0.2) is 30.3 Å². The van der Waals surface area contributed by atoms with E-state index in [1.807, 2.05) is 35.8 Å². The van der Waals surface area contributed by atoms with E-state index in [1.165, 1.54) is 0 Å². The van der Waals surface area contributed by atoms with Crippen LogP contribution in [0.25, 0.3) is 5.69 Å². The van der Waals surface area contributed by atoms with Crippen molar-refractivity contribution in [3.05, 3.63) is 52.8 Å². The molecule has 1 aliphatic carbocycles. The van der Waals surface area contributed by atoms with Crippen molar-refractivity contribution in [3.8, 4) is 5.69 Å². The Kier molecular flexibility index (Phi) is 3.86. The highest BCUT2D eigenvalue weighted by Gasteiger charge is 2.48. The van der Waals surface area contributed by atoms with Gasteiger partial charge in [-0.15, -0.1) is 0 Å². The molecule has 2 aromatic rings. The molecular formula is C18H16F3NO2. The third-order valence-electron chi connectivity index (χ3n) is 4.43. The lowest BCUT2D eigenvalue weighted by atomic mass is 9.83. The molecule has 0 saturated carbocycles. The predicted octanol–water partition coefficient (Wildman–Crippen LogP) is 3.97. The molecule has 1 atom stereocenters. The van der Waals surface area contributed by atoms with Crippen molar-refractivity contribution >= 4 is 11.6 Å².